The Labute approximate surface area is 164 Å². The lowest BCUT2D eigenvalue weighted by molar-refractivity contribution is -0.135. The van der Waals surface area contributed by atoms with E-state index in [4.69, 9.17) is 5.73 Å². The van der Waals surface area contributed by atoms with E-state index >= 15 is 0 Å². The van der Waals surface area contributed by atoms with Gasteiger partial charge in [0.05, 0.1) is 5.92 Å². The number of nitrogens with two attached hydrogens (primary N) is 1. The zero-order chi connectivity index (χ0) is 20.0. The molecule has 0 fully saturated rings. The molecule has 0 saturated carbocycles. The molecule has 0 aliphatic heterocycles. The molecule has 2 N–H and O–H groups in total. The molecule has 0 spiro atoms. The van der Waals surface area contributed by atoms with Gasteiger partial charge in [0.1, 0.15) is 0 Å². The highest BCUT2D eigenvalue weighted by atomic mass is 16.2. The summed E-state index contributed by atoms with van der Waals surface area (Å²) >= 11 is 0. The number of carbonyl (C=O) groups excluding carboxylic acids is 1. The lowest BCUT2D eigenvalue weighted by Gasteiger charge is -2.33. The summed E-state index contributed by atoms with van der Waals surface area (Å²) in [7, 11) is 4.03. The van der Waals surface area contributed by atoms with Crippen LogP contribution < -0.4 is 10.6 Å². The van der Waals surface area contributed by atoms with E-state index in [1.165, 1.54) is 0 Å². The number of rotatable bonds is 8. The number of amides is 1. The number of nitrogen functional groups attached to an aromatic ring is 1. The second-order valence-electron chi connectivity index (χ2n) is 7.38. The van der Waals surface area contributed by atoms with Gasteiger partial charge in [-0.05, 0) is 49.1 Å². The van der Waals surface area contributed by atoms with E-state index in [1.807, 2.05) is 67.5 Å². The molecule has 0 aromatic heterocycles. The zero-order valence-electron chi connectivity index (χ0n) is 17.3. The molecule has 4 nitrogen and oxygen atoms in total. The summed E-state index contributed by atoms with van der Waals surface area (Å²) in [5.41, 5.74) is 10.0. The predicted octanol–water partition coefficient (Wildman–Crippen LogP) is 4.66. The minimum Gasteiger partial charge on any atom is -0.399 e. The Morgan fingerprint density at radius 1 is 1.04 bits per heavy atom. The molecule has 2 unspecified atom stereocenters. The van der Waals surface area contributed by atoms with Gasteiger partial charge in [0.2, 0.25) is 5.91 Å². The van der Waals surface area contributed by atoms with Crippen LogP contribution in [0.4, 0.5) is 11.4 Å². The van der Waals surface area contributed by atoms with Crippen molar-refractivity contribution in [3.8, 4) is 0 Å². The van der Waals surface area contributed by atoms with Crippen molar-refractivity contribution in [1.29, 1.82) is 0 Å². The average Bonchev–Trinajstić information content (AvgIpc) is 2.66. The van der Waals surface area contributed by atoms with Crippen molar-refractivity contribution in [3.63, 3.8) is 0 Å². The molecule has 2 rings (SSSR count). The normalized spacial score (nSPS) is 13.1. The van der Waals surface area contributed by atoms with Gasteiger partial charge in [0.15, 0.2) is 0 Å². The molecule has 4 heteroatoms. The van der Waals surface area contributed by atoms with Crippen molar-refractivity contribution in [2.75, 3.05) is 24.7 Å². The minimum atomic E-state index is -0.121. The van der Waals surface area contributed by atoms with Crippen LogP contribution in [0.1, 0.15) is 50.7 Å². The van der Waals surface area contributed by atoms with Crippen LogP contribution in [0.5, 0.6) is 0 Å². The van der Waals surface area contributed by atoms with Gasteiger partial charge >= 0.3 is 0 Å². The summed E-state index contributed by atoms with van der Waals surface area (Å²) in [5, 5.41) is 0. The lowest BCUT2D eigenvalue weighted by atomic mass is 9.94. The first kappa shape index (κ1) is 20.8. The van der Waals surface area contributed by atoms with Crippen LogP contribution >= 0.6 is 0 Å². The second-order valence-corrected chi connectivity index (χ2v) is 7.38. The van der Waals surface area contributed by atoms with Crippen LogP contribution in [0.25, 0.3) is 0 Å². The van der Waals surface area contributed by atoms with E-state index in [2.05, 4.69) is 25.7 Å². The third-order valence-corrected chi connectivity index (χ3v) is 5.24. The molecule has 0 aliphatic carbocycles. The summed E-state index contributed by atoms with van der Waals surface area (Å²) in [6, 6.07) is 16.2. The molecule has 1 amide bonds. The van der Waals surface area contributed by atoms with Gasteiger partial charge < -0.3 is 15.5 Å². The molecule has 0 heterocycles. The lowest BCUT2D eigenvalue weighted by Crippen LogP contribution is -2.41. The topological polar surface area (TPSA) is 49.6 Å². The molecule has 146 valence electrons. The fourth-order valence-corrected chi connectivity index (χ4v) is 3.46. The van der Waals surface area contributed by atoms with Gasteiger partial charge in [-0.25, -0.2) is 0 Å². The van der Waals surface area contributed by atoms with E-state index in [0.29, 0.717) is 6.54 Å². The van der Waals surface area contributed by atoms with Crippen molar-refractivity contribution >= 4 is 17.3 Å². The van der Waals surface area contributed by atoms with Crippen molar-refractivity contribution in [3.05, 3.63) is 59.7 Å². The van der Waals surface area contributed by atoms with E-state index in [0.717, 1.165) is 35.3 Å². The van der Waals surface area contributed by atoms with Gasteiger partial charge in [-0.3, -0.25) is 4.79 Å². The van der Waals surface area contributed by atoms with Gasteiger partial charge in [-0.1, -0.05) is 44.2 Å². The smallest absolute Gasteiger partial charge is 0.230 e. The van der Waals surface area contributed by atoms with Crippen molar-refractivity contribution in [2.45, 2.75) is 52.1 Å². The standard InChI is InChI=1S/C23H33N3O/c1-6-17(3)26(16-19-15-20(24)13-14-22(19)25(4)5)23(27)21(7-2)18-11-9-8-10-12-18/h8-15,17,21H,6-7,16,24H2,1-5H3. The first-order chi connectivity index (χ1) is 12.9. The summed E-state index contributed by atoms with van der Waals surface area (Å²) < 4.78 is 0. The first-order valence-electron chi connectivity index (χ1n) is 9.80. The average molecular weight is 368 g/mol. The van der Waals surface area contributed by atoms with Crippen LogP contribution in [0.2, 0.25) is 0 Å². The Balaban J connectivity index is 2.38. The molecule has 27 heavy (non-hydrogen) atoms. The van der Waals surface area contributed by atoms with Crippen LogP contribution in [-0.4, -0.2) is 30.9 Å². The molecular formula is C23H33N3O. The monoisotopic (exact) mass is 367 g/mol. The maximum Gasteiger partial charge on any atom is 0.230 e. The molecule has 0 radical (unpaired) electrons. The molecule has 2 atom stereocenters. The fraction of sp³-hybridized carbons (Fsp3) is 0.435. The van der Waals surface area contributed by atoms with Crippen molar-refractivity contribution < 1.29 is 4.79 Å². The fourth-order valence-electron chi connectivity index (χ4n) is 3.46. The Hall–Kier alpha value is -2.49. The van der Waals surface area contributed by atoms with Gasteiger partial charge in [-0.2, -0.15) is 0 Å². The van der Waals surface area contributed by atoms with E-state index in [-0.39, 0.29) is 17.9 Å². The van der Waals surface area contributed by atoms with Crippen LogP contribution in [0, 0.1) is 0 Å². The Bertz CT molecular complexity index is 743. The minimum absolute atomic E-state index is 0.121. The van der Waals surface area contributed by atoms with Gasteiger partial charge in [-0.15, -0.1) is 0 Å². The number of hydrogen-bond donors (Lipinski definition) is 1. The third kappa shape index (κ3) is 5.03. The largest absolute Gasteiger partial charge is 0.399 e. The van der Waals surface area contributed by atoms with Gasteiger partial charge in [0.25, 0.3) is 0 Å². The van der Waals surface area contributed by atoms with E-state index in [9.17, 15) is 4.79 Å². The number of carbonyl (C=O) groups is 1. The highest BCUT2D eigenvalue weighted by molar-refractivity contribution is 5.84. The van der Waals surface area contributed by atoms with E-state index < -0.39 is 0 Å². The Morgan fingerprint density at radius 3 is 2.26 bits per heavy atom. The molecule has 2 aromatic rings. The molecule has 0 aliphatic rings. The first-order valence-corrected chi connectivity index (χ1v) is 9.80. The predicted molar refractivity (Wildman–Crippen MR) is 115 cm³/mol. The van der Waals surface area contributed by atoms with Crippen molar-refractivity contribution in [1.82, 2.24) is 4.90 Å². The van der Waals surface area contributed by atoms with Crippen molar-refractivity contribution in [2.24, 2.45) is 0 Å². The highest BCUT2D eigenvalue weighted by Gasteiger charge is 2.28. The Kier molecular flexibility index (Phi) is 7.28. The molecular weight excluding hydrogens is 334 g/mol. The summed E-state index contributed by atoms with van der Waals surface area (Å²) in [5.74, 6) is 0.0641. The van der Waals surface area contributed by atoms with Crippen LogP contribution in [-0.2, 0) is 11.3 Å². The summed E-state index contributed by atoms with van der Waals surface area (Å²) in [6.07, 6.45) is 1.70. The maximum absolute atomic E-state index is 13.5. The number of benzene rings is 2. The number of hydrogen-bond acceptors (Lipinski definition) is 3. The van der Waals surface area contributed by atoms with Gasteiger partial charge in [0, 0.05) is 38.1 Å². The molecule has 2 aromatic carbocycles. The quantitative estimate of drug-likeness (QED) is 0.691. The molecule has 0 saturated heterocycles. The number of anilines is 2. The number of nitrogens with zero attached hydrogens (tertiary/aromatic N) is 2. The molecule has 0 bridgehead atoms. The summed E-state index contributed by atoms with van der Waals surface area (Å²) in [6.45, 7) is 6.89. The van der Waals surface area contributed by atoms with Crippen LogP contribution in [0.3, 0.4) is 0 Å². The van der Waals surface area contributed by atoms with E-state index in [1.54, 1.807) is 0 Å². The Morgan fingerprint density at radius 2 is 1.70 bits per heavy atom. The third-order valence-electron chi connectivity index (χ3n) is 5.24. The SMILES string of the molecule is CCC(C(=O)N(Cc1cc(N)ccc1N(C)C)C(C)CC)c1ccccc1. The zero-order valence-corrected chi connectivity index (χ0v) is 17.3. The summed E-state index contributed by atoms with van der Waals surface area (Å²) in [4.78, 5) is 17.6. The maximum atomic E-state index is 13.5. The second kappa shape index (κ2) is 9.45. The van der Waals surface area contributed by atoms with Crippen LogP contribution in [0.15, 0.2) is 48.5 Å². The highest BCUT2D eigenvalue weighted by Crippen LogP contribution is 2.28.